The number of ether oxygens (including phenoxy) is 3. The minimum atomic E-state index is -3.68. The van der Waals surface area contributed by atoms with Gasteiger partial charge in [0.25, 0.3) is 0 Å². The van der Waals surface area contributed by atoms with Crippen molar-refractivity contribution in [3.8, 4) is 11.5 Å². The van der Waals surface area contributed by atoms with E-state index in [1.165, 1.54) is 25.3 Å². The van der Waals surface area contributed by atoms with Gasteiger partial charge in [-0.1, -0.05) is 6.07 Å². The fourth-order valence-electron chi connectivity index (χ4n) is 1.42. The van der Waals surface area contributed by atoms with E-state index in [0.717, 1.165) is 0 Å². The molecular formula is C10H10ClF2NO4. The lowest BCUT2D eigenvalue weighted by atomic mass is 10.1. The molecule has 0 saturated carbocycles. The Hall–Kier alpha value is -1.60. The van der Waals surface area contributed by atoms with E-state index in [1.807, 2.05) is 0 Å². The van der Waals surface area contributed by atoms with Gasteiger partial charge >= 0.3 is 12.3 Å². The van der Waals surface area contributed by atoms with Crippen LogP contribution in [0.1, 0.15) is 11.6 Å². The maximum absolute atomic E-state index is 12.7. The van der Waals surface area contributed by atoms with Crippen LogP contribution in [0.2, 0.25) is 0 Å². The summed E-state index contributed by atoms with van der Waals surface area (Å²) in [4.78, 5) is 11.2. The van der Waals surface area contributed by atoms with Crippen LogP contribution in [0, 0.1) is 0 Å². The van der Waals surface area contributed by atoms with E-state index >= 15 is 0 Å². The minimum Gasteiger partial charge on any atom is -0.468 e. The van der Waals surface area contributed by atoms with Crippen LogP contribution < -0.4 is 15.2 Å². The normalized spacial score (nSPS) is 16.7. The molecule has 1 atom stereocenters. The highest BCUT2D eigenvalue weighted by molar-refractivity contribution is 5.85. The van der Waals surface area contributed by atoms with E-state index in [9.17, 15) is 13.6 Å². The molecule has 5 nitrogen and oxygen atoms in total. The van der Waals surface area contributed by atoms with E-state index in [-0.39, 0.29) is 23.9 Å². The van der Waals surface area contributed by atoms with E-state index < -0.39 is 18.3 Å². The molecule has 0 bridgehead atoms. The molecule has 0 aliphatic carbocycles. The van der Waals surface area contributed by atoms with Crippen molar-refractivity contribution in [2.24, 2.45) is 5.73 Å². The highest BCUT2D eigenvalue weighted by Gasteiger charge is 2.43. The van der Waals surface area contributed by atoms with Crippen LogP contribution in [-0.4, -0.2) is 19.4 Å². The number of alkyl halides is 2. The average Bonchev–Trinajstić information content (AvgIpc) is 2.59. The number of esters is 1. The lowest BCUT2D eigenvalue weighted by Crippen LogP contribution is -2.26. The number of methoxy groups -OCH3 is 1. The Morgan fingerprint density at radius 3 is 2.61 bits per heavy atom. The van der Waals surface area contributed by atoms with Gasteiger partial charge in [0.05, 0.1) is 7.11 Å². The molecule has 0 aromatic heterocycles. The van der Waals surface area contributed by atoms with Crippen molar-refractivity contribution in [3.05, 3.63) is 23.8 Å². The number of benzene rings is 1. The van der Waals surface area contributed by atoms with Crippen molar-refractivity contribution in [1.29, 1.82) is 0 Å². The molecule has 0 spiro atoms. The van der Waals surface area contributed by atoms with Gasteiger partial charge < -0.3 is 19.9 Å². The number of carbonyl (C=O) groups is 1. The van der Waals surface area contributed by atoms with Crippen molar-refractivity contribution in [3.63, 3.8) is 0 Å². The van der Waals surface area contributed by atoms with Crippen LogP contribution in [0.4, 0.5) is 8.78 Å². The van der Waals surface area contributed by atoms with Crippen LogP contribution in [-0.2, 0) is 9.53 Å². The molecule has 0 unspecified atom stereocenters. The molecule has 8 heteroatoms. The van der Waals surface area contributed by atoms with E-state index in [2.05, 4.69) is 14.2 Å². The summed E-state index contributed by atoms with van der Waals surface area (Å²) < 4.78 is 38.3. The molecule has 0 amide bonds. The van der Waals surface area contributed by atoms with Crippen LogP contribution in [0.25, 0.3) is 0 Å². The first-order chi connectivity index (χ1) is 7.93. The number of halogens is 3. The van der Waals surface area contributed by atoms with Gasteiger partial charge in [-0.05, 0) is 17.7 Å². The zero-order valence-electron chi connectivity index (χ0n) is 9.18. The first-order valence-electron chi connectivity index (χ1n) is 4.66. The number of rotatable bonds is 2. The molecule has 1 aromatic carbocycles. The van der Waals surface area contributed by atoms with Gasteiger partial charge in [-0.25, -0.2) is 0 Å². The Balaban J connectivity index is 0.00000162. The SMILES string of the molecule is COC(=O)[C@@H](N)c1ccc2c(c1)OC(F)(F)O2.Cl. The van der Waals surface area contributed by atoms with Crippen LogP contribution in [0.15, 0.2) is 18.2 Å². The fourth-order valence-corrected chi connectivity index (χ4v) is 1.42. The topological polar surface area (TPSA) is 70.8 Å². The van der Waals surface area contributed by atoms with Gasteiger partial charge in [-0.2, -0.15) is 0 Å². The summed E-state index contributed by atoms with van der Waals surface area (Å²) in [5, 5.41) is 0. The molecule has 1 aliphatic rings. The first-order valence-corrected chi connectivity index (χ1v) is 4.66. The molecular weight excluding hydrogens is 272 g/mol. The second-order valence-corrected chi connectivity index (χ2v) is 3.37. The summed E-state index contributed by atoms with van der Waals surface area (Å²) in [7, 11) is 1.18. The third kappa shape index (κ3) is 2.62. The highest BCUT2D eigenvalue weighted by Crippen LogP contribution is 2.41. The van der Waals surface area contributed by atoms with Gasteiger partial charge in [-0.15, -0.1) is 21.2 Å². The summed E-state index contributed by atoms with van der Waals surface area (Å²) in [6, 6.07) is 2.82. The average molecular weight is 282 g/mol. The monoisotopic (exact) mass is 281 g/mol. The van der Waals surface area contributed by atoms with Crippen LogP contribution >= 0.6 is 12.4 Å². The Labute approximate surface area is 107 Å². The van der Waals surface area contributed by atoms with Crippen molar-refractivity contribution < 1.29 is 27.8 Å². The fraction of sp³-hybridized carbons (Fsp3) is 0.300. The molecule has 18 heavy (non-hydrogen) atoms. The predicted molar refractivity (Wildman–Crippen MR) is 58.8 cm³/mol. The summed E-state index contributed by atoms with van der Waals surface area (Å²) in [5.74, 6) is -0.932. The quantitative estimate of drug-likeness (QED) is 0.834. The van der Waals surface area contributed by atoms with Crippen molar-refractivity contribution in [2.45, 2.75) is 12.3 Å². The molecule has 0 fully saturated rings. The van der Waals surface area contributed by atoms with Gasteiger partial charge in [-0.3, -0.25) is 4.79 Å². The lowest BCUT2D eigenvalue weighted by molar-refractivity contribution is -0.286. The summed E-state index contributed by atoms with van der Waals surface area (Å²) in [6.07, 6.45) is -3.68. The van der Waals surface area contributed by atoms with E-state index in [1.54, 1.807) is 0 Å². The number of hydrogen-bond acceptors (Lipinski definition) is 5. The summed E-state index contributed by atoms with van der Waals surface area (Å²) >= 11 is 0. The largest absolute Gasteiger partial charge is 0.586 e. The first kappa shape index (κ1) is 14.5. The second-order valence-electron chi connectivity index (χ2n) is 3.37. The minimum absolute atomic E-state index is 0. The van der Waals surface area contributed by atoms with Crippen molar-refractivity contribution in [2.75, 3.05) is 7.11 Å². The van der Waals surface area contributed by atoms with Crippen LogP contribution in [0.5, 0.6) is 11.5 Å². The van der Waals surface area contributed by atoms with Gasteiger partial charge in [0.2, 0.25) is 0 Å². The summed E-state index contributed by atoms with van der Waals surface area (Å²) in [6.45, 7) is 0. The van der Waals surface area contributed by atoms with E-state index in [0.29, 0.717) is 5.56 Å². The molecule has 0 radical (unpaired) electrons. The number of hydrogen-bond donors (Lipinski definition) is 1. The smallest absolute Gasteiger partial charge is 0.468 e. The van der Waals surface area contributed by atoms with E-state index in [4.69, 9.17) is 5.73 Å². The third-order valence-electron chi connectivity index (χ3n) is 2.24. The van der Waals surface area contributed by atoms with Gasteiger partial charge in [0.1, 0.15) is 6.04 Å². The molecule has 100 valence electrons. The maximum atomic E-state index is 12.7. The molecule has 1 aliphatic heterocycles. The highest BCUT2D eigenvalue weighted by atomic mass is 35.5. The van der Waals surface area contributed by atoms with Crippen molar-refractivity contribution >= 4 is 18.4 Å². The lowest BCUT2D eigenvalue weighted by Gasteiger charge is -2.09. The van der Waals surface area contributed by atoms with Gasteiger partial charge in [0.15, 0.2) is 11.5 Å². The third-order valence-corrected chi connectivity index (χ3v) is 2.24. The zero-order chi connectivity index (χ0) is 12.6. The predicted octanol–water partition coefficient (Wildman–Crippen LogP) is 1.60. The zero-order valence-corrected chi connectivity index (χ0v) is 10.0. The van der Waals surface area contributed by atoms with Gasteiger partial charge in [0, 0.05) is 0 Å². The number of nitrogens with two attached hydrogens (primary N) is 1. The molecule has 1 aromatic rings. The second kappa shape index (κ2) is 4.95. The molecule has 0 saturated heterocycles. The summed E-state index contributed by atoms with van der Waals surface area (Å²) in [5.41, 5.74) is 5.85. The van der Waals surface area contributed by atoms with Crippen LogP contribution in [0.3, 0.4) is 0 Å². The Kier molecular flexibility index (Phi) is 3.98. The van der Waals surface area contributed by atoms with Crippen molar-refractivity contribution in [1.82, 2.24) is 0 Å². The Morgan fingerprint density at radius 1 is 1.39 bits per heavy atom. The molecule has 2 N–H and O–H groups in total. The number of fused-ring (bicyclic) bond motifs is 1. The molecule has 2 rings (SSSR count). The maximum Gasteiger partial charge on any atom is 0.586 e. The Morgan fingerprint density at radius 2 is 2.00 bits per heavy atom. The molecule has 1 heterocycles. The number of carbonyl (C=O) groups excluding carboxylic acids is 1. The standard InChI is InChI=1S/C10H9F2NO4.ClH/c1-15-9(14)8(13)5-2-3-6-7(4-5)17-10(11,12)16-6;/h2-4,8H,13H2,1H3;1H/t8-;/m0./s1. The Bertz CT molecular complexity index is 469.